The summed E-state index contributed by atoms with van der Waals surface area (Å²) in [5.74, 6) is 2.26. The van der Waals surface area contributed by atoms with E-state index in [1.807, 2.05) is 42.5 Å². The molecule has 1 aliphatic rings. The second-order valence-corrected chi connectivity index (χ2v) is 5.13. The highest BCUT2D eigenvalue weighted by Gasteiger charge is 2.38. The SMILES string of the molecule is Cc1ccc(Oc2cccc([C@@H]3C[C@H]3C=O)c2)cc1. The van der Waals surface area contributed by atoms with Gasteiger partial charge in [-0.3, -0.25) is 0 Å². The summed E-state index contributed by atoms with van der Waals surface area (Å²) in [6.45, 7) is 2.05. The predicted molar refractivity (Wildman–Crippen MR) is 74.6 cm³/mol. The van der Waals surface area contributed by atoms with Gasteiger partial charge in [-0.25, -0.2) is 0 Å². The van der Waals surface area contributed by atoms with Crippen molar-refractivity contribution in [2.24, 2.45) is 5.92 Å². The van der Waals surface area contributed by atoms with Crippen LogP contribution in [0.2, 0.25) is 0 Å². The van der Waals surface area contributed by atoms with Crippen LogP contribution in [-0.2, 0) is 4.79 Å². The molecule has 0 unspecified atom stereocenters. The van der Waals surface area contributed by atoms with Gasteiger partial charge in [0.25, 0.3) is 0 Å². The molecule has 0 aliphatic heterocycles. The molecule has 0 saturated heterocycles. The lowest BCUT2D eigenvalue weighted by atomic mass is 10.1. The number of hydrogen-bond acceptors (Lipinski definition) is 2. The average Bonchev–Trinajstić information content (AvgIpc) is 3.21. The summed E-state index contributed by atoms with van der Waals surface area (Å²) < 4.78 is 5.83. The molecule has 2 atom stereocenters. The number of benzene rings is 2. The minimum atomic E-state index is 0.203. The zero-order chi connectivity index (χ0) is 13.2. The lowest BCUT2D eigenvalue weighted by molar-refractivity contribution is -0.108. The van der Waals surface area contributed by atoms with Crippen LogP contribution in [0.25, 0.3) is 0 Å². The van der Waals surface area contributed by atoms with Gasteiger partial charge in [-0.2, -0.15) is 0 Å². The van der Waals surface area contributed by atoms with Crippen molar-refractivity contribution < 1.29 is 9.53 Å². The van der Waals surface area contributed by atoms with E-state index in [0.717, 1.165) is 24.2 Å². The van der Waals surface area contributed by atoms with Gasteiger partial charge in [-0.15, -0.1) is 0 Å². The molecule has 1 fully saturated rings. The summed E-state index contributed by atoms with van der Waals surface area (Å²) in [6, 6.07) is 16.0. The van der Waals surface area contributed by atoms with E-state index >= 15 is 0 Å². The Kier molecular flexibility index (Phi) is 3.08. The van der Waals surface area contributed by atoms with Crippen molar-refractivity contribution in [2.45, 2.75) is 19.3 Å². The maximum Gasteiger partial charge on any atom is 0.127 e. The topological polar surface area (TPSA) is 26.3 Å². The molecule has 2 nitrogen and oxygen atoms in total. The van der Waals surface area contributed by atoms with Crippen LogP contribution >= 0.6 is 0 Å². The highest BCUT2D eigenvalue weighted by atomic mass is 16.5. The van der Waals surface area contributed by atoms with Crippen molar-refractivity contribution in [3.05, 3.63) is 59.7 Å². The van der Waals surface area contributed by atoms with Gasteiger partial charge in [0.2, 0.25) is 0 Å². The molecule has 0 aromatic heterocycles. The van der Waals surface area contributed by atoms with E-state index in [1.165, 1.54) is 11.1 Å². The van der Waals surface area contributed by atoms with Crippen LogP contribution in [0.5, 0.6) is 11.5 Å². The molecule has 0 radical (unpaired) electrons. The first-order valence-electron chi connectivity index (χ1n) is 6.56. The molecule has 2 heteroatoms. The van der Waals surface area contributed by atoms with Crippen LogP contribution < -0.4 is 4.74 Å². The summed E-state index contributed by atoms with van der Waals surface area (Å²) in [5, 5.41) is 0. The molecule has 0 spiro atoms. The Morgan fingerprint density at radius 2 is 1.89 bits per heavy atom. The first-order chi connectivity index (χ1) is 9.26. The molecule has 0 heterocycles. The van der Waals surface area contributed by atoms with Crippen molar-refractivity contribution >= 4 is 6.29 Å². The summed E-state index contributed by atoms with van der Waals surface area (Å²) in [7, 11) is 0. The van der Waals surface area contributed by atoms with Gasteiger partial charge in [0.15, 0.2) is 0 Å². The smallest absolute Gasteiger partial charge is 0.127 e. The molecule has 0 amide bonds. The van der Waals surface area contributed by atoms with E-state index in [9.17, 15) is 4.79 Å². The fraction of sp³-hybridized carbons (Fsp3) is 0.235. The summed E-state index contributed by atoms with van der Waals surface area (Å²) >= 11 is 0. The Morgan fingerprint density at radius 3 is 2.58 bits per heavy atom. The first-order valence-corrected chi connectivity index (χ1v) is 6.56. The molecule has 2 aromatic carbocycles. The third-order valence-electron chi connectivity index (χ3n) is 3.56. The summed E-state index contributed by atoms with van der Waals surface area (Å²) in [4.78, 5) is 10.7. The van der Waals surface area contributed by atoms with E-state index in [2.05, 4.69) is 13.0 Å². The molecular formula is C17H16O2. The highest BCUT2D eigenvalue weighted by Crippen LogP contribution is 2.46. The van der Waals surface area contributed by atoms with Gasteiger partial charge in [0.05, 0.1) is 0 Å². The fourth-order valence-electron chi connectivity index (χ4n) is 2.30. The minimum absolute atomic E-state index is 0.203. The Morgan fingerprint density at radius 1 is 1.11 bits per heavy atom. The van der Waals surface area contributed by atoms with Crippen LogP contribution in [-0.4, -0.2) is 6.29 Å². The number of carbonyl (C=O) groups excluding carboxylic acids is 1. The zero-order valence-electron chi connectivity index (χ0n) is 10.9. The van der Waals surface area contributed by atoms with E-state index in [1.54, 1.807) is 0 Å². The van der Waals surface area contributed by atoms with Crippen LogP contribution in [0.1, 0.15) is 23.5 Å². The van der Waals surface area contributed by atoms with Gasteiger partial charge < -0.3 is 9.53 Å². The van der Waals surface area contributed by atoms with Crippen LogP contribution in [0.4, 0.5) is 0 Å². The molecule has 96 valence electrons. The molecule has 3 rings (SSSR count). The monoisotopic (exact) mass is 252 g/mol. The largest absolute Gasteiger partial charge is 0.457 e. The molecule has 2 aromatic rings. The average molecular weight is 252 g/mol. The van der Waals surface area contributed by atoms with Gasteiger partial charge in [0.1, 0.15) is 17.8 Å². The van der Waals surface area contributed by atoms with E-state index in [4.69, 9.17) is 4.74 Å². The number of carbonyl (C=O) groups is 1. The van der Waals surface area contributed by atoms with Gasteiger partial charge in [0, 0.05) is 5.92 Å². The number of rotatable bonds is 4. The maximum absolute atomic E-state index is 10.7. The molecule has 1 saturated carbocycles. The van der Waals surface area contributed by atoms with Crippen LogP contribution in [0.3, 0.4) is 0 Å². The lowest BCUT2D eigenvalue weighted by Gasteiger charge is -2.07. The van der Waals surface area contributed by atoms with E-state index < -0.39 is 0 Å². The molecular weight excluding hydrogens is 236 g/mol. The van der Waals surface area contributed by atoms with Gasteiger partial charge >= 0.3 is 0 Å². The number of aryl methyl sites for hydroxylation is 1. The Labute approximate surface area is 113 Å². The quantitative estimate of drug-likeness (QED) is 0.766. The number of aldehydes is 1. The minimum Gasteiger partial charge on any atom is -0.457 e. The Bertz CT molecular complexity index is 586. The third kappa shape index (κ3) is 2.68. The second kappa shape index (κ2) is 4.88. The van der Waals surface area contributed by atoms with Gasteiger partial charge in [-0.1, -0.05) is 29.8 Å². The van der Waals surface area contributed by atoms with Crippen molar-refractivity contribution in [2.75, 3.05) is 0 Å². The summed E-state index contributed by atoms with van der Waals surface area (Å²) in [5.41, 5.74) is 2.41. The van der Waals surface area contributed by atoms with Crippen LogP contribution in [0, 0.1) is 12.8 Å². The van der Waals surface area contributed by atoms with Crippen molar-refractivity contribution in [3.8, 4) is 11.5 Å². The summed E-state index contributed by atoms with van der Waals surface area (Å²) in [6.07, 6.45) is 2.02. The highest BCUT2D eigenvalue weighted by molar-refractivity contribution is 5.61. The molecule has 1 aliphatic carbocycles. The maximum atomic E-state index is 10.7. The second-order valence-electron chi connectivity index (χ2n) is 5.13. The Balaban J connectivity index is 1.76. The van der Waals surface area contributed by atoms with Crippen molar-refractivity contribution in [1.82, 2.24) is 0 Å². The normalized spacial score (nSPS) is 20.9. The Hall–Kier alpha value is -2.09. The zero-order valence-corrected chi connectivity index (χ0v) is 10.9. The standard InChI is InChI=1S/C17H16O2/c1-12-5-7-15(8-6-12)19-16-4-2-3-13(9-16)17-10-14(17)11-18/h2-9,11,14,17H,10H2,1H3/t14-,17-/m0/s1. The predicted octanol–water partition coefficient (Wildman–Crippen LogP) is 4.09. The fourth-order valence-corrected chi connectivity index (χ4v) is 2.30. The first kappa shape index (κ1) is 12.0. The molecule has 19 heavy (non-hydrogen) atoms. The van der Waals surface area contributed by atoms with E-state index in [-0.39, 0.29) is 5.92 Å². The third-order valence-corrected chi connectivity index (χ3v) is 3.56. The van der Waals surface area contributed by atoms with Crippen molar-refractivity contribution in [1.29, 1.82) is 0 Å². The van der Waals surface area contributed by atoms with E-state index in [0.29, 0.717) is 5.92 Å². The molecule has 0 bridgehead atoms. The van der Waals surface area contributed by atoms with Crippen LogP contribution in [0.15, 0.2) is 48.5 Å². The van der Waals surface area contributed by atoms with Gasteiger partial charge in [-0.05, 0) is 49.1 Å². The number of ether oxygens (including phenoxy) is 1. The molecule has 0 N–H and O–H groups in total. The van der Waals surface area contributed by atoms with Crippen molar-refractivity contribution in [3.63, 3.8) is 0 Å². The number of hydrogen-bond donors (Lipinski definition) is 0. The lowest BCUT2D eigenvalue weighted by Crippen LogP contribution is -1.88.